The maximum atomic E-state index is 13.6. The molecule has 4 aromatic carbocycles. The Morgan fingerprint density at radius 3 is 2.29 bits per heavy atom. The first-order chi connectivity index (χ1) is 18.5. The van der Waals surface area contributed by atoms with Crippen LogP contribution in [0.1, 0.15) is 23.6 Å². The molecule has 7 heteroatoms. The number of rotatable bonds is 8. The molecule has 0 aliphatic carbocycles. The van der Waals surface area contributed by atoms with E-state index >= 15 is 0 Å². The predicted octanol–water partition coefficient (Wildman–Crippen LogP) is 7.87. The highest BCUT2D eigenvalue weighted by Gasteiger charge is 2.32. The van der Waals surface area contributed by atoms with E-state index < -0.39 is 0 Å². The van der Waals surface area contributed by atoms with Crippen LogP contribution in [0.2, 0.25) is 0 Å². The molecule has 0 N–H and O–H groups in total. The SMILES string of the molecule is CCOc1cc(/C=C2\C(=O)N(c3ccccc3)N=C2c2ccccc2)cc(I)c1OCc1ccc(Br)cc1. The Morgan fingerprint density at radius 1 is 0.921 bits per heavy atom. The molecule has 0 radical (unpaired) electrons. The van der Waals surface area contributed by atoms with E-state index in [2.05, 4.69) is 38.5 Å². The summed E-state index contributed by atoms with van der Waals surface area (Å²) in [5.74, 6) is 1.13. The lowest BCUT2D eigenvalue weighted by Crippen LogP contribution is -2.21. The fraction of sp³-hybridized carbons (Fsp3) is 0.0968. The van der Waals surface area contributed by atoms with Crippen LogP contribution in [0.25, 0.3) is 6.08 Å². The molecule has 1 amide bonds. The second-order valence-corrected chi connectivity index (χ2v) is 10.6. The summed E-state index contributed by atoms with van der Waals surface area (Å²) in [6.45, 7) is 2.84. The summed E-state index contributed by atoms with van der Waals surface area (Å²) >= 11 is 5.72. The van der Waals surface area contributed by atoms with Crippen molar-refractivity contribution in [3.05, 3.63) is 127 Å². The average Bonchev–Trinajstić information content (AvgIpc) is 3.26. The van der Waals surface area contributed by atoms with E-state index in [1.807, 2.05) is 110 Å². The first kappa shape index (κ1) is 26.2. The second-order valence-electron chi connectivity index (χ2n) is 8.50. The van der Waals surface area contributed by atoms with Gasteiger partial charge in [0.15, 0.2) is 11.5 Å². The number of hydrogen-bond acceptors (Lipinski definition) is 4. The molecular formula is C31H24BrIN2O3. The van der Waals surface area contributed by atoms with Crippen LogP contribution >= 0.6 is 38.5 Å². The number of hydrazone groups is 1. The van der Waals surface area contributed by atoms with Gasteiger partial charge >= 0.3 is 0 Å². The van der Waals surface area contributed by atoms with Crippen molar-refractivity contribution in [1.29, 1.82) is 0 Å². The third-order valence-electron chi connectivity index (χ3n) is 5.87. The summed E-state index contributed by atoms with van der Waals surface area (Å²) in [4.78, 5) is 13.6. The van der Waals surface area contributed by atoms with E-state index in [0.29, 0.717) is 36.0 Å². The van der Waals surface area contributed by atoms with Crippen LogP contribution in [0, 0.1) is 3.57 Å². The molecule has 0 atom stereocenters. The van der Waals surface area contributed by atoms with E-state index in [-0.39, 0.29) is 5.91 Å². The third-order valence-corrected chi connectivity index (χ3v) is 7.19. The van der Waals surface area contributed by atoms with Crippen molar-refractivity contribution in [1.82, 2.24) is 0 Å². The molecule has 0 spiro atoms. The maximum Gasteiger partial charge on any atom is 0.281 e. The van der Waals surface area contributed by atoms with Gasteiger partial charge in [0, 0.05) is 10.0 Å². The molecule has 0 saturated carbocycles. The average molecular weight is 679 g/mol. The minimum Gasteiger partial charge on any atom is -0.490 e. The largest absolute Gasteiger partial charge is 0.490 e. The van der Waals surface area contributed by atoms with E-state index in [1.54, 1.807) is 0 Å². The Labute approximate surface area is 244 Å². The maximum absolute atomic E-state index is 13.6. The van der Waals surface area contributed by atoms with Crippen molar-refractivity contribution in [3.8, 4) is 11.5 Å². The van der Waals surface area contributed by atoms with Gasteiger partial charge in [-0.3, -0.25) is 4.79 Å². The normalized spacial score (nSPS) is 14.1. The minimum absolute atomic E-state index is 0.182. The first-order valence-corrected chi connectivity index (χ1v) is 14.0. The van der Waals surface area contributed by atoms with Gasteiger partial charge in [-0.25, -0.2) is 0 Å². The number of carbonyl (C=O) groups is 1. The highest BCUT2D eigenvalue weighted by atomic mass is 127. The predicted molar refractivity (Wildman–Crippen MR) is 164 cm³/mol. The lowest BCUT2D eigenvalue weighted by Gasteiger charge is -2.15. The number of para-hydroxylation sites is 1. The molecule has 0 saturated heterocycles. The van der Waals surface area contributed by atoms with E-state index in [0.717, 1.165) is 30.4 Å². The summed E-state index contributed by atoms with van der Waals surface area (Å²) in [7, 11) is 0. The Morgan fingerprint density at radius 2 is 1.61 bits per heavy atom. The molecular weight excluding hydrogens is 655 g/mol. The van der Waals surface area contributed by atoms with Gasteiger partial charge in [0.1, 0.15) is 12.3 Å². The lowest BCUT2D eigenvalue weighted by molar-refractivity contribution is -0.114. The van der Waals surface area contributed by atoms with Crippen molar-refractivity contribution < 1.29 is 14.3 Å². The van der Waals surface area contributed by atoms with E-state index in [4.69, 9.17) is 14.6 Å². The third kappa shape index (κ3) is 5.84. The topological polar surface area (TPSA) is 51.1 Å². The Balaban J connectivity index is 1.51. The van der Waals surface area contributed by atoms with Gasteiger partial charge in [0.05, 0.1) is 21.4 Å². The fourth-order valence-corrected chi connectivity index (χ4v) is 5.12. The first-order valence-electron chi connectivity index (χ1n) is 12.1. The quantitative estimate of drug-likeness (QED) is 0.141. The van der Waals surface area contributed by atoms with Crippen molar-refractivity contribution in [2.75, 3.05) is 11.6 Å². The highest BCUT2D eigenvalue weighted by molar-refractivity contribution is 14.1. The number of benzene rings is 4. The number of halogens is 2. The minimum atomic E-state index is -0.182. The van der Waals surface area contributed by atoms with Crippen molar-refractivity contribution in [3.63, 3.8) is 0 Å². The van der Waals surface area contributed by atoms with Gasteiger partial charge in [0.2, 0.25) is 0 Å². The van der Waals surface area contributed by atoms with Crippen molar-refractivity contribution >= 4 is 61.9 Å². The van der Waals surface area contributed by atoms with Crippen molar-refractivity contribution in [2.24, 2.45) is 5.10 Å². The number of carbonyl (C=O) groups excluding carboxylic acids is 1. The van der Waals surface area contributed by atoms with Gasteiger partial charge in [-0.15, -0.1) is 0 Å². The number of amides is 1. The Bertz CT molecular complexity index is 1500. The number of anilines is 1. The van der Waals surface area contributed by atoms with Crippen LogP contribution in [0.4, 0.5) is 5.69 Å². The summed E-state index contributed by atoms with van der Waals surface area (Å²) in [6, 6.07) is 31.1. The Kier molecular flexibility index (Phi) is 8.24. The zero-order valence-corrected chi connectivity index (χ0v) is 24.3. The van der Waals surface area contributed by atoms with Gasteiger partial charge in [-0.2, -0.15) is 10.1 Å². The van der Waals surface area contributed by atoms with Gasteiger partial charge < -0.3 is 9.47 Å². The van der Waals surface area contributed by atoms with Gasteiger partial charge in [-0.1, -0.05) is 76.6 Å². The van der Waals surface area contributed by atoms with E-state index in [9.17, 15) is 4.79 Å². The van der Waals surface area contributed by atoms with Crippen LogP contribution < -0.4 is 14.5 Å². The number of hydrogen-bond donors (Lipinski definition) is 0. The molecule has 1 aliphatic rings. The molecule has 190 valence electrons. The standard InChI is InChI=1S/C31H24BrIN2O3/c1-2-37-28-19-22(18-27(33)30(28)38-20-21-13-15-24(32)16-14-21)17-26-29(23-9-5-3-6-10-23)34-35(31(26)36)25-11-7-4-8-12-25/h3-19H,2,20H2,1H3/b26-17-. The van der Waals surface area contributed by atoms with Crippen LogP contribution in [0.15, 0.2) is 112 Å². The molecule has 38 heavy (non-hydrogen) atoms. The van der Waals surface area contributed by atoms with Crippen LogP contribution in [-0.2, 0) is 11.4 Å². The lowest BCUT2D eigenvalue weighted by atomic mass is 10.00. The molecule has 4 aromatic rings. The number of nitrogens with zero attached hydrogens (tertiary/aromatic N) is 2. The molecule has 0 unspecified atom stereocenters. The molecule has 0 fully saturated rings. The molecule has 1 aliphatic heterocycles. The van der Waals surface area contributed by atoms with Crippen molar-refractivity contribution in [2.45, 2.75) is 13.5 Å². The summed E-state index contributed by atoms with van der Waals surface area (Å²) in [5, 5.41) is 6.18. The second kappa shape index (κ2) is 12.0. The van der Waals surface area contributed by atoms with Crippen LogP contribution in [0.3, 0.4) is 0 Å². The number of ether oxygens (including phenoxy) is 2. The molecule has 5 nitrogen and oxygen atoms in total. The van der Waals surface area contributed by atoms with Gasteiger partial charge in [0.25, 0.3) is 5.91 Å². The van der Waals surface area contributed by atoms with E-state index in [1.165, 1.54) is 5.01 Å². The zero-order valence-electron chi connectivity index (χ0n) is 20.6. The molecule has 1 heterocycles. The molecule has 0 bridgehead atoms. The highest BCUT2D eigenvalue weighted by Crippen LogP contribution is 2.36. The fourth-order valence-electron chi connectivity index (χ4n) is 4.08. The Hall–Kier alpha value is -3.43. The summed E-state index contributed by atoms with van der Waals surface area (Å²) in [6.07, 6.45) is 1.88. The monoisotopic (exact) mass is 678 g/mol. The smallest absolute Gasteiger partial charge is 0.281 e. The zero-order chi connectivity index (χ0) is 26.5. The summed E-state index contributed by atoms with van der Waals surface area (Å²) < 4.78 is 14.1. The van der Waals surface area contributed by atoms with Crippen LogP contribution in [0.5, 0.6) is 11.5 Å². The molecule has 0 aromatic heterocycles. The van der Waals surface area contributed by atoms with Gasteiger partial charge in [-0.05, 0) is 83.1 Å². The summed E-state index contributed by atoms with van der Waals surface area (Å²) in [5.41, 5.74) is 4.62. The molecule has 5 rings (SSSR count). The van der Waals surface area contributed by atoms with Crippen LogP contribution in [-0.4, -0.2) is 18.2 Å².